The summed E-state index contributed by atoms with van der Waals surface area (Å²) in [6, 6.07) is 13.9. The van der Waals surface area contributed by atoms with Gasteiger partial charge in [0.1, 0.15) is 0 Å². The summed E-state index contributed by atoms with van der Waals surface area (Å²) < 4.78 is 22.4. The molecule has 0 saturated heterocycles. The van der Waals surface area contributed by atoms with Crippen molar-refractivity contribution in [2.45, 2.75) is 24.5 Å². The predicted octanol–water partition coefficient (Wildman–Crippen LogP) is 2.00. The molecular weight excluding hydrogens is 288 g/mol. The minimum Gasteiger partial charge on any atom is -0.392 e. The second kappa shape index (κ2) is 6.26. The van der Waals surface area contributed by atoms with Gasteiger partial charge in [-0.1, -0.05) is 24.3 Å². The number of rotatable bonds is 5. The van der Waals surface area contributed by atoms with Crippen LogP contribution >= 0.6 is 0 Å². The summed E-state index contributed by atoms with van der Waals surface area (Å²) in [5.74, 6) is 0. The van der Waals surface area contributed by atoms with Gasteiger partial charge in [-0.15, -0.1) is 0 Å². The molecule has 0 spiro atoms. The van der Waals surface area contributed by atoms with E-state index in [1.54, 1.807) is 12.1 Å². The summed E-state index contributed by atoms with van der Waals surface area (Å²) in [4.78, 5) is 0.0979. The van der Waals surface area contributed by atoms with E-state index in [4.69, 9.17) is 10.2 Å². The molecule has 0 aromatic heterocycles. The van der Waals surface area contributed by atoms with Gasteiger partial charge in [0.2, 0.25) is 10.0 Å². The van der Waals surface area contributed by atoms with Gasteiger partial charge in [0, 0.05) is 11.7 Å². The van der Waals surface area contributed by atoms with E-state index in [0.29, 0.717) is 0 Å². The fourth-order valence-electron chi connectivity index (χ4n) is 2.04. The van der Waals surface area contributed by atoms with E-state index in [0.717, 1.165) is 16.8 Å². The largest absolute Gasteiger partial charge is 0.392 e. The number of benzene rings is 2. The molecule has 1 unspecified atom stereocenters. The molecule has 0 heterocycles. The van der Waals surface area contributed by atoms with Crippen LogP contribution in [0.3, 0.4) is 0 Å². The molecule has 4 N–H and O–H groups in total. The van der Waals surface area contributed by atoms with Crippen LogP contribution in [0.15, 0.2) is 53.4 Å². The van der Waals surface area contributed by atoms with Gasteiger partial charge in [-0.05, 0) is 42.3 Å². The van der Waals surface area contributed by atoms with Crippen molar-refractivity contribution in [3.05, 3.63) is 59.7 Å². The van der Waals surface area contributed by atoms with Crippen LogP contribution in [0, 0.1) is 0 Å². The van der Waals surface area contributed by atoms with Crippen LogP contribution in [-0.4, -0.2) is 13.5 Å². The molecule has 1 atom stereocenters. The van der Waals surface area contributed by atoms with E-state index in [1.165, 1.54) is 12.1 Å². The lowest BCUT2D eigenvalue weighted by molar-refractivity contribution is 0.282. The zero-order chi connectivity index (χ0) is 15.5. The summed E-state index contributed by atoms with van der Waals surface area (Å²) in [6.45, 7) is 1.96. The number of aliphatic hydroxyl groups is 1. The molecule has 0 radical (unpaired) electrons. The summed E-state index contributed by atoms with van der Waals surface area (Å²) in [7, 11) is -3.66. The Hall–Kier alpha value is -1.89. The highest BCUT2D eigenvalue weighted by Crippen LogP contribution is 2.21. The first-order chi connectivity index (χ1) is 9.90. The second-order valence-corrected chi connectivity index (χ2v) is 6.40. The van der Waals surface area contributed by atoms with Crippen LogP contribution in [0.2, 0.25) is 0 Å². The van der Waals surface area contributed by atoms with Crippen molar-refractivity contribution in [2.24, 2.45) is 5.14 Å². The fourth-order valence-corrected chi connectivity index (χ4v) is 2.55. The smallest absolute Gasteiger partial charge is 0.238 e. The van der Waals surface area contributed by atoms with E-state index in [1.807, 2.05) is 31.2 Å². The van der Waals surface area contributed by atoms with Gasteiger partial charge in [-0.3, -0.25) is 0 Å². The van der Waals surface area contributed by atoms with Gasteiger partial charge in [0.05, 0.1) is 11.5 Å². The Kier molecular flexibility index (Phi) is 4.62. The normalized spacial score (nSPS) is 12.9. The van der Waals surface area contributed by atoms with Gasteiger partial charge < -0.3 is 10.4 Å². The first-order valence-electron chi connectivity index (χ1n) is 6.49. The van der Waals surface area contributed by atoms with E-state index in [-0.39, 0.29) is 17.5 Å². The molecule has 0 aliphatic rings. The van der Waals surface area contributed by atoms with E-state index < -0.39 is 10.0 Å². The monoisotopic (exact) mass is 306 g/mol. The van der Waals surface area contributed by atoms with Crippen LogP contribution in [0.25, 0.3) is 0 Å². The molecule has 21 heavy (non-hydrogen) atoms. The zero-order valence-corrected chi connectivity index (χ0v) is 12.5. The molecule has 2 aromatic carbocycles. The molecule has 0 amide bonds. The Bertz CT molecular complexity index is 712. The van der Waals surface area contributed by atoms with Gasteiger partial charge in [0.15, 0.2) is 0 Å². The standard InChI is InChI=1S/C15H18N2O3S/c1-11(17-14-4-2-3-12(9-14)10-18)13-5-7-15(8-6-13)21(16,19)20/h2-9,11,17-18H,10H2,1H3,(H2,16,19,20). The molecule has 0 bridgehead atoms. The molecule has 6 heteroatoms. The lowest BCUT2D eigenvalue weighted by Gasteiger charge is -2.16. The topological polar surface area (TPSA) is 92.4 Å². The third kappa shape index (κ3) is 4.04. The molecule has 0 aliphatic heterocycles. The van der Waals surface area contributed by atoms with Crippen LogP contribution in [0.1, 0.15) is 24.1 Å². The average Bonchev–Trinajstić information content (AvgIpc) is 2.46. The lowest BCUT2D eigenvalue weighted by atomic mass is 10.1. The predicted molar refractivity (Wildman–Crippen MR) is 82.2 cm³/mol. The van der Waals surface area contributed by atoms with E-state index in [9.17, 15) is 8.42 Å². The average molecular weight is 306 g/mol. The van der Waals surface area contributed by atoms with Crippen molar-refractivity contribution in [3.8, 4) is 0 Å². The molecular formula is C15H18N2O3S. The van der Waals surface area contributed by atoms with Crippen molar-refractivity contribution in [1.29, 1.82) is 0 Å². The third-order valence-electron chi connectivity index (χ3n) is 3.20. The number of hydrogen-bond donors (Lipinski definition) is 3. The minimum absolute atomic E-state index is 0.00604. The highest BCUT2D eigenvalue weighted by molar-refractivity contribution is 7.89. The summed E-state index contributed by atoms with van der Waals surface area (Å²) >= 11 is 0. The lowest BCUT2D eigenvalue weighted by Crippen LogP contribution is -2.12. The maximum atomic E-state index is 11.2. The highest BCUT2D eigenvalue weighted by Gasteiger charge is 2.10. The number of nitrogens with one attached hydrogen (secondary N) is 1. The van der Waals surface area contributed by atoms with Crippen molar-refractivity contribution in [2.75, 3.05) is 5.32 Å². The molecule has 2 aromatic rings. The summed E-state index contributed by atoms with van der Waals surface area (Å²) in [5, 5.41) is 17.5. The highest BCUT2D eigenvalue weighted by atomic mass is 32.2. The minimum atomic E-state index is -3.66. The van der Waals surface area contributed by atoms with Crippen LogP contribution < -0.4 is 10.5 Å². The van der Waals surface area contributed by atoms with Gasteiger partial charge >= 0.3 is 0 Å². The number of nitrogens with two attached hydrogens (primary N) is 1. The summed E-state index contributed by atoms with van der Waals surface area (Å²) in [6.07, 6.45) is 0. The zero-order valence-electron chi connectivity index (χ0n) is 11.7. The molecule has 0 fully saturated rings. The van der Waals surface area contributed by atoms with Gasteiger partial charge in [-0.2, -0.15) is 0 Å². The van der Waals surface area contributed by atoms with Crippen molar-refractivity contribution in [1.82, 2.24) is 0 Å². The summed E-state index contributed by atoms with van der Waals surface area (Å²) in [5.41, 5.74) is 2.66. The maximum absolute atomic E-state index is 11.2. The van der Waals surface area contributed by atoms with Crippen molar-refractivity contribution < 1.29 is 13.5 Å². The van der Waals surface area contributed by atoms with Crippen molar-refractivity contribution >= 4 is 15.7 Å². The maximum Gasteiger partial charge on any atom is 0.238 e. The van der Waals surface area contributed by atoms with Crippen molar-refractivity contribution in [3.63, 3.8) is 0 Å². The number of hydrogen-bond acceptors (Lipinski definition) is 4. The Morgan fingerprint density at radius 3 is 2.43 bits per heavy atom. The first-order valence-corrected chi connectivity index (χ1v) is 8.04. The van der Waals surface area contributed by atoms with Crippen LogP contribution in [-0.2, 0) is 16.6 Å². The Morgan fingerprint density at radius 2 is 1.86 bits per heavy atom. The van der Waals surface area contributed by atoms with Crippen LogP contribution in [0.5, 0.6) is 0 Å². The van der Waals surface area contributed by atoms with E-state index in [2.05, 4.69) is 5.32 Å². The number of primary sulfonamides is 1. The van der Waals surface area contributed by atoms with Crippen LogP contribution in [0.4, 0.5) is 5.69 Å². The Labute approximate surface area is 124 Å². The number of sulfonamides is 1. The molecule has 5 nitrogen and oxygen atoms in total. The number of aliphatic hydroxyl groups excluding tert-OH is 1. The first kappa shape index (κ1) is 15.5. The molecule has 112 valence electrons. The Morgan fingerprint density at radius 1 is 1.19 bits per heavy atom. The number of anilines is 1. The molecule has 0 saturated carbocycles. The fraction of sp³-hybridized carbons (Fsp3) is 0.200. The quantitative estimate of drug-likeness (QED) is 0.787. The molecule has 2 rings (SSSR count). The Balaban J connectivity index is 2.14. The van der Waals surface area contributed by atoms with Gasteiger partial charge in [-0.25, -0.2) is 13.6 Å². The second-order valence-electron chi connectivity index (χ2n) is 4.84. The van der Waals surface area contributed by atoms with E-state index >= 15 is 0 Å². The SMILES string of the molecule is CC(Nc1cccc(CO)c1)c1ccc(S(N)(=O)=O)cc1. The van der Waals surface area contributed by atoms with Gasteiger partial charge in [0.25, 0.3) is 0 Å². The molecule has 0 aliphatic carbocycles. The third-order valence-corrected chi connectivity index (χ3v) is 4.13.